The first-order chi connectivity index (χ1) is 15.8. The zero-order valence-electron chi connectivity index (χ0n) is 18.9. The largest absolute Gasteiger partial charge is 0.497 e. The topological polar surface area (TPSA) is 94.2 Å². The highest BCUT2D eigenvalue weighted by Gasteiger charge is 2.23. The van der Waals surface area contributed by atoms with Crippen molar-refractivity contribution in [3.8, 4) is 17.2 Å². The number of nitrogens with one attached hydrogen (secondary N) is 1. The van der Waals surface area contributed by atoms with Crippen molar-refractivity contribution < 1.29 is 27.4 Å². The fourth-order valence-electron chi connectivity index (χ4n) is 3.16. The monoisotopic (exact) mass is 470 g/mol. The normalized spacial score (nSPS) is 10.9. The standard InChI is InChI=1S/C24H26N2O6S/c1-26(33(28,29)21-12-13-22(31-3)23(15-21)32-4)19-10-8-18(9-11-19)24(27)25-16-17-6-5-7-20(14-17)30-2/h5-15H,16H2,1-4H3,(H,25,27). The summed E-state index contributed by atoms with van der Waals surface area (Å²) in [4.78, 5) is 12.6. The highest BCUT2D eigenvalue weighted by Crippen LogP contribution is 2.31. The summed E-state index contributed by atoms with van der Waals surface area (Å²) in [6.07, 6.45) is 0. The minimum absolute atomic E-state index is 0.0581. The average molecular weight is 471 g/mol. The van der Waals surface area contributed by atoms with Crippen molar-refractivity contribution >= 4 is 21.6 Å². The van der Waals surface area contributed by atoms with Crippen LogP contribution in [0, 0.1) is 0 Å². The molecule has 0 unspecified atom stereocenters. The zero-order chi connectivity index (χ0) is 24.0. The third-order valence-electron chi connectivity index (χ3n) is 5.09. The molecule has 3 rings (SSSR count). The highest BCUT2D eigenvalue weighted by atomic mass is 32.2. The van der Waals surface area contributed by atoms with E-state index in [1.165, 1.54) is 39.5 Å². The number of carbonyl (C=O) groups excluding carboxylic acids is 1. The number of nitrogens with zero attached hydrogens (tertiary/aromatic N) is 1. The number of amides is 1. The third-order valence-corrected chi connectivity index (χ3v) is 6.88. The minimum atomic E-state index is -3.85. The van der Waals surface area contributed by atoms with Gasteiger partial charge in [-0.15, -0.1) is 0 Å². The Morgan fingerprint density at radius 1 is 0.879 bits per heavy atom. The van der Waals surface area contributed by atoms with Gasteiger partial charge < -0.3 is 19.5 Å². The number of rotatable bonds is 9. The van der Waals surface area contributed by atoms with Gasteiger partial charge >= 0.3 is 0 Å². The Hall–Kier alpha value is -3.72. The summed E-state index contributed by atoms with van der Waals surface area (Å²) in [6.45, 7) is 0.339. The van der Waals surface area contributed by atoms with Crippen LogP contribution < -0.4 is 23.8 Å². The van der Waals surface area contributed by atoms with E-state index in [2.05, 4.69) is 5.32 Å². The number of methoxy groups -OCH3 is 3. The maximum atomic E-state index is 13.1. The van der Waals surface area contributed by atoms with Crippen LogP contribution in [-0.2, 0) is 16.6 Å². The quantitative estimate of drug-likeness (QED) is 0.515. The van der Waals surface area contributed by atoms with E-state index in [1.54, 1.807) is 31.4 Å². The van der Waals surface area contributed by atoms with Crippen molar-refractivity contribution in [3.63, 3.8) is 0 Å². The number of hydrogen-bond donors (Lipinski definition) is 1. The fraction of sp³-hybridized carbons (Fsp3) is 0.208. The van der Waals surface area contributed by atoms with Gasteiger partial charge in [0.25, 0.3) is 15.9 Å². The summed E-state index contributed by atoms with van der Waals surface area (Å²) in [7, 11) is 2.10. The van der Waals surface area contributed by atoms with Gasteiger partial charge in [-0.05, 0) is 54.1 Å². The van der Waals surface area contributed by atoms with E-state index >= 15 is 0 Å². The lowest BCUT2D eigenvalue weighted by molar-refractivity contribution is 0.0951. The molecule has 0 heterocycles. The second-order valence-corrected chi connectivity index (χ2v) is 9.04. The predicted octanol–water partition coefficient (Wildman–Crippen LogP) is 3.47. The molecule has 1 N–H and O–H groups in total. The summed E-state index contributed by atoms with van der Waals surface area (Å²) in [6, 6.07) is 18.1. The Balaban J connectivity index is 1.72. The molecule has 3 aromatic carbocycles. The Morgan fingerprint density at radius 2 is 1.58 bits per heavy atom. The molecule has 1 amide bonds. The van der Waals surface area contributed by atoms with E-state index in [0.29, 0.717) is 35.0 Å². The van der Waals surface area contributed by atoms with Gasteiger partial charge in [0.1, 0.15) is 5.75 Å². The minimum Gasteiger partial charge on any atom is -0.497 e. The van der Waals surface area contributed by atoms with E-state index < -0.39 is 10.0 Å². The molecule has 3 aromatic rings. The lowest BCUT2D eigenvalue weighted by Gasteiger charge is -2.20. The van der Waals surface area contributed by atoms with Crippen LogP contribution in [0.2, 0.25) is 0 Å². The Kier molecular flexibility index (Phi) is 7.44. The summed E-state index contributed by atoms with van der Waals surface area (Å²) in [5.74, 6) is 1.19. The van der Waals surface area contributed by atoms with E-state index in [1.807, 2.05) is 24.3 Å². The van der Waals surface area contributed by atoms with E-state index in [-0.39, 0.29) is 10.8 Å². The second-order valence-electron chi connectivity index (χ2n) is 7.07. The molecule has 174 valence electrons. The maximum absolute atomic E-state index is 13.1. The van der Waals surface area contributed by atoms with E-state index in [9.17, 15) is 13.2 Å². The van der Waals surface area contributed by atoms with Gasteiger partial charge in [0.15, 0.2) is 11.5 Å². The first kappa shape index (κ1) is 23.9. The van der Waals surface area contributed by atoms with E-state index in [4.69, 9.17) is 14.2 Å². The third kappa shape index (κ3) is 5.38. The summed E-state index contributed by atoms with van der Waals surface area (Å²) in [5.41, 5.74) is 1.73. The lowest BCUT2D eigenvalue weighted by atomic mass is 10.1. The highest BCUT2D eigenvalue weighted by molar-refractivity contribution is 7.92. The summed E-state index contributed by atoms with van der Waals surface area (Å²) in [5, 5.41) is 2.84. The first-order valence-electron chi connectivity index (χ1n) is 10.0. The van der Waals surface area contributed by atoms with Crippen LogP contribution in [0.1, 0.15) is 15.9 Å². The van der Waals surface area contributed by atoms with Gasteiger partial charge in [0.05, 0.1) is 31.9 Å². The Morgan fingerprint density at radius 3 is 2.21 bits per heavy atom. The number of ether oxygens (including phenoxy) is 3. The molecule has 0 aliphatic rings. The lowest BCUT2D eigenvalue weighted by Crippen LogP contribution is -2.27. The van der Waals surface area contributed by atoms with Crippen molar-refractivity contribution in [3.05, 3.63) is 77.9 Å². The molecule has 0 aromatic heterocycles. The van der Waals surface area contributed by atoms with Crippen molar-refractivity contribution in [2.75, 3.05) is 32.7 Å². The smallest absolute Gasteiger partial charge is 0.264 e. The SMILES string of the molecule is COc1cccc(CNC(=O)c2ccc(N(C)S(=O)(=O)c3ccc(OC)c(OC)c3)cc2)c1. The molecule has 0 aliphatic heterocycles. The Bertz CT molecular complexity index is 1230. The van der Waals surface area contributed by atoms with Crippen molar-refractivity contribution in [2.24, 2.45) is 0 Å². The van der Waals surface area contributed by atoms with Gasteiger partial charge in [-0.1, -0.05) is 12.1 Å². The molecule has 0 saturated carbocycles. The molecule has 33 heavy (non-hydrogen) atoms. The molecule has 0 atom stereocenters. The van der Waals surface area contributed by atoms with Crippen LogP contribution in [0.3, 0.4) is 0 Å². The van der Waals surface area contributed by atoms with Gasteiger partial charge in [-0.25, -0.2) is 8.42 Å². The number of hydrogen-bond acceptors (Lipinski definition) is 6. The van der Waals surface area contributed by atoms with Crippen molar-refractivity contribution in [2.45, 2.75) is 11.4 Å². The first-order valence-corrected chi connectivity index (χ1v) is 11.5. The Labute approximate surface area is 193 Å². The number of carbonyl (C=O) groups is 1. The van der Waals surface area contributed by atoms with Gasteiger partial charge in [0, 0.05) is 25.2 Å². The van der Waals surface area contributed by atoms with Crippen molar-refractivity contribution in [1.82, 2.24) is 5.32 Å². The summed E-state index contributed by atoms with van der Waals surface area (Å²) >= 11 is 0. The number of anilines is 1. The molecular weight excluding hydrogens is 444 g/mol. The summed E-state index contributed by atoms with van der Waals surface area (Å²) < 4.78 is 42.8. The maximum Gasteiger partial charge on any atom is 0.264 e. The molecule has 8 nitrogen and oxygen atoms in total. The molecule has 0 saturated heterocycles. The van der Waals surface area contributed by atoms with Gasteiger partial charge in [-0.3, -0.25) is 9.10 Å². The molecule has 0 radical (unpaired) electrons. The van der Waals surface area contributed by atoms with Crippen LogP contribution in [0.25, 0.3) is 0 Å². The number of benzene rings is 3. The van der Waals surface area contributed by atoms with Crippen LogP contribution in [0.4, 0.5) is 5.69 Å². The van der Waals surface area contributed by atoms with E-state index in [0.717, 1.165) is 9.87 Å². The molecule has 0 spiro atoms. The van der Waals surface area contributed by atoms with Crippen LogP contribution >= 0.6 is 0 Å². The zero-order valence-corrected chi connectivity index (χ0v) is 19.7. The van der Waals surface area contributed by atoms with Crippen LogP contribution in [0.15, 0.2) is 71.6 Å². The van der Waals surface area contributed by atoms with Gasteiger partial charge in [-0.2, -0.15) is 0 Å². The average Bonchev–Trinajstić information content (AvgIpc) is 2.86. The molecule has 0 aliphatic carbocycles. The molecular formula is C24H26N2O6S. The van der Waals surface area contributed by atoms with Crippen LogP contribution in [-0.4, -0.2) is 42.7 Å². The molecule has 9 heteroatoms. The molecule has 0 bridgehead atoms. The number of sulfonamides is 1. The molecule has 0 fully saturated rings. The van der Waals surface area contributed by atoms with Crippen LogP contribution in [0.5, 0.6) is 17.2 Å². The van der Waals surface area contributed by atoms with Gasteiger partial charge in [0.2, 0.25) is 0 Å². The predicted molar refractivity (Wildman–Crippen MR) is 126 cm³/mol. The second kappa shape index (κ2) is 10.3. The fourth-order valence-corrected chi connectivity index (χ4v) is 4.37. The van der Waals surface area contributed by atoms with Crippen molar-refractivity contribution in [1.29, 1.82) is 0 Å².